The normalized spacial score (nSPS) is 16.1. The van der Waals surface area contributed by atoms with Crippen LogP contribution in [0.1, 0.15) is 40.5 Å². The minimum absolute atomic E-state index is 0.0284. The molecule has 2 aromatic rings. The van der Waals surface area contributed by atoms with Crippen LogP contribution in [-0.2, 0) is 4.74 Å². The van der Waals surface area contributed by atoms with Crippen LogP contribution in [0, 0.1) is 5.41 Å². The fourth-order valence-electron chi connectivity index (χ4n) is 3.30. The first kappa shape index (κ1) is 23.5. The molecule has 1 saturated heterocycles. The van der Waals surface area contributed by atoms with Gasteiger partial charge in [-0.25, -0.2) is 14.8 Å². The van der Waals surface area contributed by atoms with Crippen molar-refractivity contribution in [2.24, 2.45) is 5.41 Å². The first-order valence-corrected chi connectivity index (χ1v) is 11.5. The van der Waals surface area contributed by atoms with Gasteiger partial charge in [-0.2, -0.15) is 0 Å². The quantitative estimate of drug-likeness (QED) is 0.603. The van der Waals surface area contributed by atoms with Crippen molar-refractivity contribution in [2.45, 2.75) is 56.1 Å². The van der Waals surface area contributed by atoms with Crippen molar-refractivity contribution in [1.82, 2.24) is 15.3 Å². The van der Waals surface area contributed by atoms with Crippen LogP contribution in [0.5, 0.6) is 0 Å². The Morgan fingerprint density at radius 1 is 1.29 bits per heavy atom. The van der Waals surface area contributed by atoms with Crippen LogP contribution in [-0.4, -0.2) is 41.3 Å². The number of amides is 1. The van der Waals surface area contributed by atoms with Crippen LogP contribution in [0.15, 0.2) is 40.5 Å². The molecule has 0 aliphatic carbocycles. The Hall–Kier alpha value is -2.19. The zero-order valence-electron chi connectivity index (χ0n) is 18.4. The van der Waals surface area contributed by atoms with E-state index in [1.165, 1.54) is 11.8 Å². The summed E-state index contributed by atoms with van der Waals surface area (Å²) in [5.41, 5.74) is 5.95. The van der Waals surface area contributed by atoms with E-state index < -0.39 is 5.60 Å². The fourth-order valence-corrected chi connectivity index (χ4v) is 4.33. The molecule has 31 heavy (non-hydrogen) atoms. The summed E-state index contributed by atoms with van der Waals surface area (Å²) < 4.78 is 5.34. The first-order valence-electron chi connectivity index (χ1n) is 10.3. The average Bonchev–Trinajstić information content (AvgIpc) is 2.70. The van der Waals surface area contributed by atoms with E-state index in [-0.39, 0.29) is 11.5 Å². The number of piperidine rings is 1. The number of nitrogens with two attached hydrogens (primary N) is 1. The predicted molar refractivity (Wildman–Crippen MR) is 126 cm³/mol. The van der Waals surface area contributed by atoms with Crippen molar-refractivity contribution in [3.8, 4) is 0 Å². The summed E-state index contributed by atoms with van der Waals surface area (Å²) in [6.07, 6.45) is 5.08. The highest BCUT2D eigenvalue weighted by molar-refractivity contribution is 7.99. The highest BCUT2D eigenvalue weighted by Crippen LogP contribution is 2.36. The van der Waals surface area contributed by atoms with Gasteiger partial charge in [0.2, 0.25) is 0 Å². The molecule has 0 saturated carbocycles. The standard InChI is InChI=1S/C22H30ClN5O2S/c1-21(2,3)30-20(29)27-14-22(4)8-10-28(11-9-22)17-12-26-18(13-25-17)31-16-7-5-6-15(24)19(16)23/h5-7,12-13H,8-11,14,24H2,1-4H3,(H,27,29). The van der Waals surface area contributed by atoms with Gasteiger partial charge in [-0.15, -0.1) is 0 Å². The number of hydrogen-bond acceptors (Lipinski definition) is 7. The van der Waals surface area contributed by atoms with Crippen molar-refractivity contribution in [2.75, 3.05) is 30.3 Å². The van der Waals surface area contributed by atoms with Gasteiger partial charge >= 0.3 is 6.09 Å². The first-order chi connectivity index (χ1) is 14.5. The molecule has 1 amide bonds. The van der Waals surface area contributed by atoms with Crippen LogP contribution >= 0.6 is 23.4 Å². The maximum Gasteiger partial charge on any atom is 0.407 e. The molecule has 9 heteroatoms. The summed E-state index contributed by atoms with van der Waals surface area (Å²) in [7, 11) is 0. The third kappa shape index (κ3) is 6.64. The Morgan fingerprint density at radius 3 is 2.61 bits per heavy atom. The molecular weight excluding hydrogens is 434 g/mol. The number of nitrogen functional groups attached to an aromatic ring is 1. The lowest BCUT2D eigenvalue weighted by Gasteiger charge is -2.40. The number of halogens is 1. The lowest BCUT2D eigenvalue weighted by molar-refractivity contribution is 0.0495. The molecule has 1 aliphatic heterocycles. The molecule has 1 fully saturated rings. The van der Waals surface area contributed by atoms with Gasteiger partial charge in [0.25, 0.3) is 0 Å². The number of ether oxygens (including phenoxy) is 1. The van der Waals surface area contributed by atoms with Crippen molar-refractivity contribution in [3.63, 3.8) is 0 Å². The zero-order valence-corrected chi connectivity index (χ0v) is 20.0. The maximum atomic E-state index is 12.0. The Kier molecular flexibility index (Phi) is 7.21. The second kappa shape index (κ2) is 9.53. The third-order valence-corrected chi connectivity index (χ3v) is 6.69. The summed E-state index contributed by atoms with van der Waals surface area (Å²) in [6.45, 7) is 10.1. The molecule has 1 aromatic carbocycles. The van der Waals surface area contributed by atoms with Crippen LogP contribution in [0.2, 0.25) is 5.02 Å². The summed E-state index contributed by atoms with van der Waals surface area (Å²) >= 11 is 7.70. The Labute approximate surface area is 193 Å². The minimum Gasteiger partial charge on any atom is -0.444 e. The van der Waals surface area contributed by atoms with E-state index in [1.54, 1.807) is 18.5 Å². The Morgan fingerprint density at radius 2 is 2.00 bits per heavy atom. The zero-order chi connectivity index (χ0) is 22.6. The van der Waals surface area contributed by atoms with E-state index in [2.05, 4.69) is 27.1 Å². The number of carbonyl (C=O) groups is 1. The topological polar surface area (TPSA) is 93.4 Å². The average molecular weight is 464 g/mol. The third-order valence-electron chi connectivity index (χ3n) is 5.18. The fraction of sp³-hybridized carbons (Fsp3) is 0.500. The van der Waals surface area contributed by atoms with Gasteiger partial charge in [0.15, 0.2) is 0 Å². The van der Waals surface area contributed by atoms with Crippen molar-refractivity contribution in [1.29, 1.82) is 0 Å². The Balaban J connectivity index is 1.52. The smallest absolute Gasteiger partial charge is 0.407 e. The molecule has 1 aliphatic rings. The molecule has 0 radical (unpaired) electrons. The monoisotopic (exact) mass is 463 g/mol. The number of carbonyl (C=O) groups excluding carboxylic acids is 1. The van der Waals surface area contributed by atoms with Crippen LogP contribution in [0.25, 0.3) is 0 Å². The number of benzene rings is 1. The second-order valence-corrected chi connectivity index (χ2v) is 10.6. The predicted octanol–water partition coefficient (Wildman–Crippen LogP) is 4.99. The highest BCUT2D eigenvalue weighted by Gasteiger charge is 2.31. The molecule has 2 heterocycles. The van der Waals surface area contributed by atoms with Gasteiger partial charge in [-0.05, 0) is 51.2 Å². The largest absolute Gasteiger partial charge is 0.444 e. The van der Waals surface area contributed by atoms with E-state index in [9.17, 15) is 4.79 Å². The Bertz CT molecular complexity index is 909. The summed E-state index contributed by atoms with van der Waals surface area (Å²) in [5, 5.41) is 4.21. The van der Waals surface area contributed by atoms with E-state index in [1.807, 2.05) is 32.9 Å². The van der Waals surface area contributed by atoms with Gasteiger partial charge < -0.3 is 20.7 Å². The lowest BCUT2D eigenvalue weighted by atomic mass is 9.80. The molecule has 0 bridgehead atoms. The molecule has 0 atom stereocenters. The van der Waals surface area contributed by atoms with E-state index in [0.717, 1.165) is 41.7 Å². The van der Waals surface area contributed by atoms with E-state index >= 15 is 0 Å². The molecule has 3 N–H and O–H groups in total. The highest BCUT2D eigenvalue weighted by atomic mass is 35.5. The number of rotatable bonds is 5. The van der Waals surface area contributed by atoms with Crippen LogP contribution in [0.3, 0.4) is 0 Å². The molecule has 0 unspecified atom stereocenters. The number of nitrogens with one attached hydrogen (secondary N) is 1. The number of alkyl carbamates (subject to hydrolysis) is 1. The van der Waals surface area contributed by atoms with Gasteiger partial charge in [0.1, 0.15) is 16.4 Å². The summed E-state index contributed by atoms with van der Waals surface area (Å²) in [5.74, 6) is 0.852. The second-order valence-electron chi connectivity index (χ2n) is 9.13. The summed E-state index contributed by atoms with van der Waals surface area (Å²) in [6, 6.07) is 5.55. The maximum absolute atomic E-state index is 12.0. The molecule has 168 valence electrons. The number of hydrogen-bond donors (Lipinski definition) is 2. The minimum atomic E-state index is -0.490. The van der Waals surface area contributed by atoms with Crippen molar-refractivity contribution in [3.05, 3.63) is 35.6 Å². The number of nitrogens with zero attached hydrogens (tertiary/aromatic N) is 3. The SMILES string of the molecule is CC1(CNC(=O)OC(C)(C)C)CCN(c2cnc(Sc3cccc(N)c3Cl)cn2)CC1. The number of aromatic nitrogens is 2. The molecular formula is C22H30ClN5O2S. The van der Waals surface area contributed by atoms with Gasteiger partial charge in [-0.3, -0.25) is 0 Å². The van der Waals surface area contributed by atoms with Crippen molar-refractivity contribution >= 4 is 41.0 Å². The molecule has 3 rings (SSSR count). The van der Waals surface area contributed by atoms with E-state index in [0.29, 0.717) is 17.3 Å². The van der Waals surface area contributed by atoms with E-state index in [4.69, 9.17) is 22.1 Å². The van der Waals surface area contributed by atoms with Crippen LogP contribution < -0.4 is 16.0 Å². The number of anilines is 2. The van der Waals surface area contributed by atoms with Gasteiger partial charge in [0.05, 0.1) is 23.1 Å². The van der Waals surface area contributed by atoms with Crippen LogP contribution in [0.4, 0.5) is 16.3 Å². The van der Waals surface area contributed by atoms with Crippen molar-refractivity contribution < 1.29 is 9.53 Å². The lowest BCUT2D eigenvalue weighted by Crippen LogP contribution is -2.45. The van der Waals surface area contributed by atoms with Gasteiger partial charge in [-0.1, -0.05) is 36.4 Å². The molecule has 1 aromatic heterocycles. The van der Waals surface area contributed by atoms with Gasteiger partial charge in [0, 0.05) is 24.5 Å². The molecule has 7 nitrogen and oxygen atoms in total. The summed E-state index contributed by atoms with van der Waals surface area (Å²) in [4.78, 5) is 24.2. The molecule has 0 spiro atoms.